The second kappa shape index (κ2) is 3.31. The van der Waals surface area contributed by atoms with Gasteiger partial charge in [-0.15, -0.1) is 0 Å². The van der Waals surface area contributed by atoms with E-state index in [0.717, 1.165) is 0 Å². The summed E-state index contributed by atoms with van der Waals surface area (Å²) < 4.78 is 0. The molecule has 1 saturated heterocycles. The fraction of sp³-hybridized carbons (Fsp3) is 0.909. The average molecular weight is 199 g/mol. The molecular weight excluding hydrogens is 178 g/mol. The minimum atomic E-state index is -0.423. The Morgan fingerprint density at radius 3 is 2.36 bits per heavy atom. The summed E-state index contributed by atoms with van der Waals surface area (Å²) in [5.41, 5.74) is -0.491. The van der Waals surface area contributed by atoms with E-state index in [2.05, 4.69) is 20.8 Å². The van der Waals surface area contributed by atoms with E-state index in [9.17, 15) is 10.0 Å². The molecule has 1 N–H and O–H groups in total. The minimum absolute atomic E-state index is 0.0674. The highest BCUT2D eigenvalue weighted by molar-refractivity contribution is 5.81. The molecule has 0 bridgehead atoms. The van der Waals surface area contributed by atoms with E-state index in [1.807, 2.05) is 13.8 Å². The van der Waals surface area contributed by atoms with Crippen LogP contribution in [-0.4, -0.2) is 27.6 Å². The highest BCUT2D eigenvalue weighted by Crippen LogP contribution is 2.36. The van der Waals surface area contributed by atoms with Crippen LogP contribution >= 0.6 is 0 Å². The Labute approximate surface area is 86.1 Å². The number of carbonyl (C=O) groups is 1. The Morgan fingerprint density at radius 2 is 1.93 bits per heavy atom. The van der Waals surface area contributed by atoms with Crippen LogP contribution in [0.15, 0.2) is 0 Å². The summed E-state index contributed by atoms with van der Waals surface area (Å²) in [6, 6.07) is -0.0706. The molecule has 1 unspecified atom stereocenters. The first-order chi connectivity index (χ1) is 6.14. The maximum Gasteiger partial charge on any atom is 0.136 e. The van der Waals surface area contributed by atoms with Crippen LogP contribution in [0.4, 0.5) is 0 Å². The highest BCUT2D eigenvalue weighted by atomic mass is 16.5. The Kier molecular flexibility index (Phi) is 2.76. The van der Waals surface area contributed by atoms with Crippen molar-refractivity contribution in [2.75, 3.05) is 0 Å². The van der Waals surface area contributed by atoms with Crippen molar-refractivity contribution in [3.63, 3.8) is 0 Å². The number of hydroxylamine groups is 2. The number of nitrogens with zero attached hydrogens (tertiary/aromatic N) is 1. The maximum atomic E-state index is 11.5. The van der Waals surface area contributed by atoms with Gasteiger partial charge in [0.1, 0.15) is 5.78 Å². The lowest BCUT2D eigenvalue weighted by Crippen LogP contribution is -2.58. The predicted molar refractivity (Wildman–Crippen MR) is 55.2 cm³/mol. The van der Waals surface area contributed by atoms with Crippen LogP contribution < -0.4 is 0 Å². The van der Waals surface area contributed by atoms with Gasteiger partial charge in [0.15, 0.2) is 0 Å². The van der Waals surface area contributed by atoms with Gasteiger partial charge in [0.2, 0.25) is 0 Å². The van der Waals surface area contributed by atoms with Gasteiger partial charge in [-0.05, 0) is 19.3 Å². The second-order valence-electron chi connectivity index (χ2n) is 5.96. The summed E-state index contributed by atoms with van der Waals surface area (Å²) in [5, 5.41) is 11.4. The molecule has 1 aliphatic rings. The van der Waals surface area contributed by atoms with Crippen LogP contribution in [0.2, 0.25) is 0 Å². The van der Waals surface area contributed by atoms with Crippen LogP contribution in [0, 0.1) is 5.41 Å². The van der Waals surface area contributed by atoms with Gasteiger partial charge < -0.3 is 5.21 Å². The molecule has 1 aliphatic heterocycles. The molecular formula is C11H21NO2. The molecule has 0 aliphatic carbocycles. The molecule has 0 aromatic carbocycles. The number of piperidine rings is 1. The number of rotatable bonds is 0. The molecule has 3 heteroatoms. The van der Waals surface area contributed by atoms with E-state index in [4.69, 9.17) is 0 Å². The Balaban J connectivity index is 2.92. The van der Waals surface area contributed by atoms with Gasteiger partial charge in [-0.25, -0.2) is 0 Å². The van der Waals surface area contributed by atoms with Crippen LogP contribution in [0.25, 0.3) is 0 Å². The van der Waals surface area contributed by atoms with E-state index in [1.54, 1.807) is 0 Å². The van der Waals surface area contributed by atoms with E-state index < -0.39 is 5.54 Å². The molecule has 0 amide bonds. The summed E-state index contributed by atoms with van der Waals surface area (Å²) in [7, 11) is 0. The van der Waals surface area contributed by atoms with E-state index in [1.165, 1.54) is 5.06 Å². The largest absolute Gasteiger partial charge is 0.313 e. The number of carbonyl (C=O) groups excluding carboxylic acids is 1. The van der Waals surface area contributed by atoms with Crippen LogP contribution in [0.3, 0.4) is 0 Å². The van der Waals surface area contributed by atoms with Crippen molar-refractivity contribution >= 4 is 5.78 Å². The maximum absolute atomic E-state index is 11.5. The van der Waals surface area contributed by atoms with Crippen LogP contribution in [-0.2, 0) is 4.79 Å². The van der Waals surface area contributed by atoms with E-state index in [-0.39, 0.29) is 17.2 Å². The standard InChI is InChI=1S/C11H21NO2/c1-10(2,3)9-6-8(13)7-11(4,5)12(9)14/h9,14H,6-7H2,1-5H3. The van der Waals surface area contributed by atoms with Crippen LogP contribution in [0.5, 0.6) is 0 Å². The highest BCUT2D eigenvalue weighted by Gasteiger charge is 2.44. The summed E-state index contributed by atoms with van der Waals surface area (Å²) >= 11 is 0. The van der Waals surface area contributed by atoms with Crippen molar-refractivity contribution < 1.29 is 10.0 Å². The number of hydrogen-bond donors (Lipinski definition) is 1. The zero-order valence-corrected chi connectivity index (χ0v) is 9.79. The number of hydrogen-bond acceptors (Lipinski definition) is 3. The second-order valence-corrected chi connectivity index (χ2v) is 5.96. The fourth-order valence-electron chi connectivity index (χ4n) is 2.03. The van der Waals surface area contributed by atoms with E-state index in [0.29, 0.717) is 12.8 Å². The zero-order chi connectivity index (χ0) is 11.1. The Bertz CT molecular complexity index is 240. The van der Waals surface area contributed by atoms with E-state index >= 15 is 0 Å². The van der Waals surface area contributed by atoms with Gasteiger partial charge in [0.25, 0.3) is 0 Å². The minimum Gasteiger partial charge on any atom is -0.313 e. The molecule has 1 atom stereocenters. The van der Waals surface area contributed by atoms with Crippen LogP contribution in [0.1, 0.15) is 47.5 Å². The van der Waals surface area contributed by atoms with Gasteiger partial charge in [-0.2, -0.15) is 5.06 Å². The van der Waals surface area contributed by atoms with Crippen molar-refractivity contribution in [2.24, 2.45) is 5.41 Å². The molecule has 0 aromatic rings. The third-order valence-electron chi connectivity index (χ3n) is 2.97. The first-order valence-electron chi connectivity index (χ1n) is 5.14. The average Bonchev–Trinajstić information content (AvgIpc) is 1.93. The summed E-state index contributed by atoms with van der Waals surface area (Å²) in [6.45, 7) is 9.96. The van der Waals surface area contributed by atoms with Crippen molar-refractivity contribution in [3.8, 4) is 0 Å². The fourth-order valence-corrected chi connectivity index (χ4v) is 2.03. The van der Waals surface area contributed by atoms with Crippen molar-refractivity contribution in [3.05, 3.63) is 0 Å². The van der Waals surface area contributed by atoms with Gasteiger partial charge in [-0.3, -0.25) is 4.79 Å². The molecule has 3 nitrogen and oxygen atoms in total. The van der Waals surface area contributed by atoms with Gasteiger partial charge in [-0.1, -0.05) is 20.8 Å². The zero-order valence-electron chi connectivity index (χ0n) is 9.79. The van der Waals surface area contributed by atoms with Crippen molar-refractivity contribution in [1.29, 1.82) is 0 Å². The molecule has 0 saturated carbocycles. The lowest BCUT2D eigenvalue weighted by molar-refractivity contribution is -0.228. The quantitative estimate of drug-likeness (QED) is 0.650. The molecule has 0 radical (unpaired) electrons. The lowest BCUT2D eigenvalue weighted by atomic mass is 9.76. The van der Waals surface area contributed by atoms with Crippen molar-refractivity contribution in [2.45, 2.75) is 59.0 Å². The number of Topliss-reactive ketones (excluding diaryl/α,β-unsaturated/α-hetero) is 1. The summed E-state index contributed by atoms with van der Waals surface area (Å²) in [5.74, 6) is 0.250. The molecule has 1 heterocycles. The predicted octanol–water partition coefficient (Wildman–Crippen LogP) is 2.23. The summed E-state index contributed by atoms with van der Waals surface area (Å²) in [6.07, 6.45) is 0.902. The van der Waals surface area contributed by atoms with Gasteiger partial charge >= 0.3 is 0 Å². The molecule has 14 heavy (non-hydrogen) atoms. The topological polar surface area (TPSA) is 40.5 Å². The third kappa shape index (κ3) is 2.15. The first kappa shape index (κ1) is 11.7. The molecule has 1 fully saturated rings. The normalized spacial score (nSPS) is 29.3. The van der Waals surface area contributed by atoms with Gasteiger partial charge in [0, 0.05) is 24.4 Å². The molecule has 82 valence electrons. The first-order valence-corrected chi connectivity index (χ1v) is 5.14. The van der Waals surface area contributed by atoms with Gasteiger partial charge in [0.05, 0.1) is 0 Å². The third-order valence-corrected chi connectivity index (χ3v) is 2.97. The monoisotopic (exact) mass is 199 g/mol. The number of ketones is 1. The molecule has 0 spiro atoms. The Morgan fingerprint density at radius 1 is 1.43 bits per heavy atom. The SMILES string of the molecule is CC(C)(C)C1CC(=O)CC(C)(C)N1O. The molecule has 1 rings (SSSR count). The molecule has 0 aromatic heterocycles. The Hall–Kier alpha value is -0.410. The van der Waals surface area contributed by atoms with Crippen molar-refractivity contribution in [1.82, 2.24) is 5.06 Å². The summed E-state index contributed by atoms with van der Waals surface area (Å²) in [4.78, 5) is 11.5. The smallest absolute Gasteiger partial charge is 0.136 e. The lowest BCUT2D eigenvalue weighted by Gasteiger charge is -2.47.